The molecule has 100 valence electrons. The number of nitriles is 1. The number of hydrogen-bond acceptors (Lipinski definition) is 3. The molecule has 0 heterocycles. The second kappa shape index (κ2) is 6.60. The quantitative estimate of drug-likeness (QED) is 0.904. The van der Waals surface area contributed by atoms with Gasteiger partial charge in [0.1, 0.15) is 0 Å². The van der Waals surface area contributed by atoms with Gasteiger partial charge in [-0.3, -0.25) is 4.79 Å². The van der Waals surface area contributed by atoms with Crippen LogP contribution in [0.25, 0.3) is 0 Å². The third-order valence-electron chi connectivity index (χ3n) is 2.57. The molecule has 3 nitrogen and oxygen atoms in total. The van der Waals surface area contributed by atoms with Gasteiger partial charge in [0.25, 0.3) is 0 Å². The number of hydrogen-bond donors (Lipinski definition) is 1. The third kappa shape index (κ3) is 3.86. The Hall–Kier alpha value is -1.77. The van der Waals surface area contributed by atoms with Crippen molar-refractivity contribution in [2.75, 3.05) is 0 Å². The zero-order valence-electron chi connectivity index (χ0n) is 10.3. The van der Waals surface area contributed by atoms with E-state index in [0.717, 1.165) is 14.3 Å². The molecule has 0 saturated carbocycles. The average Bonchev–Trinajstić information content (AvgIpc) is 2.42. The lowest BCUT2D eigenvalue weighted by molar-refractivity contribution is -0.136. The van der Waals surface area contributed by atoms with Gasteiger partial charge >= 0.3 is 5.97 Å². The normalized spacial score (nSPS) is 10.0. The largest absolute Gasteiger partial charge is 0.481 e. The van der Waals surface area contributed by atoms with Crippen molar-refractivity contribution in [2.24, 2.45) is 0 Å². The fourth-order valence-corrected chi connectivity index (χ4v) is 2.87. The molecule has 0 saturated heterocycles. The SMILES string of the molecule is N#Cc1ccc(Sc2ccc(Br)cc2)c(CC(=O)O)c1. The summed E-state index contributed by atoms with van der Waals surface area (Å²) in [5, 5.41) is 17.9. The van der Waals surface area contributed by atoms with Crippen molar-refractivity contribution in [1.29, 1.82) is 5.26 Å². The van der Waals surface area contributed by atoms with E-state index in [1.807, 2.05) is 30.3 Å². The van der Waals surface area contributed by atoms with Crippen LogP contribution in [-0.4, -0.2) is 11.1 Å². The maximum absolute atomic E-state index is 10.9. The summed E-state index contributed by atoms with van der Waals surface area (Å²) in [6.07, 6.45) is -0.0889. The van der Waals surface area contributed by atoms with Gasteiger partial charge in [-0.15, -0.1) is 0 Å². The summed E-state index contributed by atoms with van der Waals surface area (Å²) >= 11 is 4.86. The summed E-state index contributed by atoms with van der Waals surface area (Å²) in [4.78, 5) is 12.8. The van der Waals surface area contributed by atoms with E-state index < -0.39 is 5.97 Å². The van der Waals surface area contributed by atoms with Crippen LogP contribution < -0.4 is 0 Å². The first-order valence-electron chi connectivity index (χ1n) is 5.77. The molecule has 0 spiro atoms. The third-order valence-corrected chi connectivity index (χ3v) is 4.23. The van der Waals surface area contributed by atoms with Crippen molar-refractivity contribution in [1.82, 2.24) is 0 Å². The zero-order valence-corrected chi connectivity index (χ0v) is 12.7. The topological polar surface area (TPSA) is 61.1 Å². The van der Waals surface area contributed by atoms with E-state index in [1.165, 1.54) is 11.8 Å². The highest BCUT2D eigenvalue weighted by Gasteiger charge is 2.09. The second-order valence-corrected chi connectivity index (χ2v) is 6.09. The number of carboxylic acid groups (broad SMARTS) is 1. The molecule has 0 aliphatic rings. The summed E-state index contributed by atoms with van der Waals surface area (Å²) in [5.74, 6) is -0.905. The molecule has 0 radical (unpaired) electrons. The standard InChI is InChI=1S/C15H10BrNO2S/c16-12-2-4-13(5-3-12)20-14-6-1-10(9-17)7-11(14)8-15(18)19/h1-7H,8H2,(H,18,19). The first kappa shape index (κ1) is 14.6. The molecule has 1 N–H and O–H groups in total. The first-order valence-corrected chi connectivity index (χ1v) is 7.37. The maximum Gasteiger partial charge on any atom is 0.307 e. The highest BCUT2D eigenvalue weighted by molar-refractivity contribution is 9.10. The lowest BCUT2D eigenvalue weighted by atomic mass is 10.1. The molecule has 0 amide bonds. The Morgan fingerprint density at radius 2 is 1.95 bits per heavy atom. The average molecular weight is 348 g/mol. The summed E-state index contributed by atoms with van der Waals surface area (Å²) < 4.78 is 0.993. The maximum atomic E-state index is 10.9. The van der Waals surface area contributed by atoms with Crippen LogP contribution in [0.3, 0.4) is 0 Å². The van der Waals surface area contributed by atoms with E-state index in [2.05, 4.69) is 15.9 Å². The molecule has 20 heavy (non-hydrogen) atoms. The van der Waals surface area contributed by atoms with Crippen molar-refractivity contribution in [3.63, 3.8) is 0 Å². The Morgan fingerprint density at radius 3 is 2.55 bits per heavy atom. The van der Waals surface area contributed by atoms with Gasteiger partial charge in [0.2, 0.25) is 0 Å². The minimum Gasteiger partial charge on any atom is -0.481 e. The van der Waals surface area contributed by atoms with Crippen LogP contribution in [0, 0.1) is 11.3 Å². The monoisotopic (exact) mass is 347 g/mol. The number of nitrogens with zero attached hydrogens (tertiary/aromatic N) is 1. The fraction of sp³-hybridized carbons (Fsp3) is 0.0667. The van der Waals surface area contributed by atoms with Gasteiger partial charge in [-0.25, -0.2) is 0 Å². The van der Waals surface area contributed by atoms with Gasteiger partial charge in [-0.1, -0.05) is 27.7 Å². The van der Waals surface area contributed by atoms with E-state index in [9.17, 15) is 4.79 Å². The van der Waals surface area contributed by atoms with Gasteiger partial charge in [-0.2, -0.15) is 5.26 Å². The van der Waals surface area contributed by atoms with Crippen LogP contribution in [0.5, 0.6) is 0 Å². The van der Waals surface area contributed by atoms with Crippen molar-refractivity contribution in [3.05, 3.63) is 58.1 Å². The van der Waals surface area contributed by atoms with Crippen LogP contribution in [0.1, 0.15) is 11.1 Å². The lowest BCUT2D eigenvalue weighted by Gasteiger charge is -2.08. The summed E-state index contributed by atoms with van der Waals surface area (Å²) in [5.41, 5.74) is 1.13. The molecular formula is C15H10BrNO2S. The minimum absolute atomic E-state index is 0.0889. The predicted octanol–water partition coefficient (Wildman–Crippen LogP) is 4.10. The molecule has 0 fully saturated rings. The Bertz CT molecular complexity index is 677. The molecule has 2 aromatic carbocycles. The van der Waals surface area contributed by atoms with Crippen LogP contribution in [0.4, 0.5) is 0 Å². The van der Waals surface area contributed by atoms with Gasteiger partial charge in [-0.05, 0) is 48.0 Å². The van der Waals surface area contributed by atoms with E-state index in [0.29, 0.717) is 11.1 Å². The van der Waals surface area contributed by atoms with Gasteiger partial charge < -0.3 is 5.11 Å². The van der Waals surface area contributed by atoms with Crippen LogP contribution in [0.15, 0.2) is 56.7 Å². The second-order valence-electron chi connectivity index (χ2n) is 4.06. The van der Waals surface area contributed by atoms with E-state index in [4.69, 9.17) is 10.4 Å². The molecule has 0 atom stereocenters. The van der Waals surface area contributed by atoms with Gasteiger partial charge in [0, 0.05) is 14.3 Å². The highest BCUT2D eigenvalue weighted by Crippen LogP contribution is 2.32. The molecule has 0 aliphatic heterocycles. The molecule has 0 bridgehead atoms. The Labute approximate surface area is 129 Å². The Morgan fingerprint density at radius 1 is 1.25 bits per heavy atom. The van der Waals surface area contributed by atoms with E-state index in [-0.39, 0.29) is 6.42 Å². The predicted molar refractivity (Wildman–Crippen MR) is 80.8 cm³/mol. The summed E-state index contributed by atoms with van der Waals surface area (Å²) in [6, 6.07) is 14.9. The molecule has 0 unspecified atom stereocenters. The zero-order chi connectivity index (χ0) is 14.5. The fourth-order valence-electron chi connectivity index (χ4n) is 1.68. The van der Waals surface area contributed by atoms with Crippen LogP contribution >= 0.6 is 27.7 Å². The smallest absolute Gasteiger partial charge is 0.307 e. The Balaban J connectivity index is 2.32. The molecule has 5 heteroatoms. The van der Waals surface area contributed by atoms with E-state index in [1.54, 1.807) is 18.2 Å². The Kier molecular flexibility index (Phi) is 4.83. The van der Waals surface area contributed by atoms with Crippen LogP contribution in [0.2, 0.25) is 0 Å². The van der Waals surface area contributed by atoms with Crippen LogP contribution in [-0.2, 0) is 11.2 Å². The summed E-state index contributed by atoms with van der Waals surface area (Å²) in [6.45, 7) is 0. The summed E-state index contributed by atoms with van der Waals surface area (Å²) in [7, 11) is 0. The number of halogens is 1. The number of carboxylic acids is 1. The lowest BCUT2D eigenvalue weighted by Crippen LogP contribution is -2.02. The number of aliphatic carboxylic acids is 1. The van der Waals surface area contributed by atoms with Crippen molar-refractivity contribution < 1.29 is 9.90 Å². The van der Waals surface area contributed by atoms with Crippen molar-refractivity contribution in [2.45, 2.75) is 16.2 Å². The molecule has 0 aromatic heterocycles. The molecule has 2 rings (SSSR count). The van der Waals surface area contributed by atoms with Crippen molar-refractivity contribution >= 4 is 33.7 Å². The van der Waals surface area contributed by atoms with Gasteiger partial charge in [0.05, 0.1) is 18.1 Å². The number of rotatable bonds is 4. The molecule has 0 aliphatic carbocycles. The number of benzene rings is 2. The van der Waals surface area contributed by atoms with E-state index >= 15 is 0 Å². The number of carbonyl (C=O) groups is 1. The van der Waals surface area contributed by atoms with Gasteiger partial charge in [0.15, 0.2) is 0 Å². The highest BCUT2D eigenvalue weighted by atomic mass is 79.9. The molecule has 2 aromatic rings. The molecular weight excluding hydrogens is 338 g/mol. The van der Waals surface area contributed by atoms with Crippen molar-refractivity contribution in [3.8, 4) is 6.07 Å². The first-order chi connectivity index (χ1) is 9.58. The minimum atomic E-state index is -0.905.